The summed E-state index contributed by atoms with van der Waals surface area (Å²) in [6.45, 7) is 2.77. The molecule has 0 bridgehead atoms. The highest BCUT2D eigenvalue weighted by molar-refractivity contribution is 9.10. The van der Waals surface area contributed by atoms with Crippen LogP contribution in [-0.4, -0.2) is 34.1 Å². The highest BCUT2D eigenvalue weighted by Crippen LogP contribution is 2.15. The van der Waals surface area contributed by atoms with Crippen molar-refractivity contribution in [2.45, 2.75) is 19.9 Å². The van der Waals surface area contributed by atoms with Crippen molar-refractivity contribution in [3.63, 3.8) is 0 Å². The van der Waals surface area contributed by atoms with Crippen LogP contribution < -0.4 is 0 Å². The van der Waals surface area contributed by atoms with E-state index in [2.05, 4.69) is 21.0 Å². The Morgan fingerprint density at radius 2 is 2.47 bits per heavy atom. The molecule has 1 aromatic heterocycles. The molecule has 0 aromatic carbocycles. The Bertz CT molecular complexity index is 338. The summed E-state index contributed by atoms with van der Waals surface area (Å²) in [5, 5.41) is 12.7. The zero-order valence-corrected chi connectivity index (χ0v) is 10.0. The summed E-state index contributed by atoms with van der Waals surface area (Å²) in [5.74, 6) is -0.389. The second-order valence-corrected chi connectivity index (χ2v) is 3.65. The van der Waals surface area contributed by atoms with Crippen molar-refractivity contribution in [2.75, 3.05) is 13.2 Å². The van der Waals surface area contributed by atoms with E-state index in [1.54, 1.807) is 17.8 Å². The Morgan fingerprint density at radius 1 is 1.73 bits per heavy atom. The van der Waals surface area contributed by atoms with Gasteiger partial charge in [0.05, 0.1) is 6.61 Å². The Hall–Kier alpha value is -0.880. The second-order valence-electron chi connectivity index (χ2n) is 2.89. The molecule has 1 N–H and O–H groups in total. The zero-order valence-electron chi connectivity index (χ0n) is 8.44. The predicted octanol–water partition coefficient (Wildman–Crippen LogP) is 1.20. The van der Waals surface area contributed by atoms with E-state index in [1.807, 2.05) is 0 Å². The van der Waals surface area contributed by atoms with Crippen molar-refractivity contribution in [2.24, 2.45) is 0 Å². The summed E-state index contributed by atoms with van der Waals surface area (Å²) in [7, 11) is 0. The summed E-state index contributed by atoms with van der Waals surface area (Å²) < 4.78 is 6.93. The van der Waals surface area contributed by atoms with E-state index in [4.69, 9.17) is 9.84 Å². The van der Waals surface area contributed by atoms with E-state index < -0.39 is 0 Å². The Balaban J connectivity index is 2.72. The van der Waals surface area contributed by atoms with Gasteiger partial charge in [-0.1, -0.05) is 0 Å². The molecule has 0 fully saturated rings. The molecular formula is C9H13BrN2O3. The monoisotopic (exact) mass is 276 g/mol. The van der Waals surface area contributed by atoms with Crippen LogP contribution in [-0.2, 0) is 11.3 Å². The summed E-state index contributed by atoms with van der Waals surface area (Å²) in [4.78, 5) is 11.4. The lowest BCUT2D eigenvalue weighted by Gasteiger charge is -1.98. The number of hydrogen-bond donors (Lipinski definition) is 1. The van der Waals surface area contributed by atoms with Crippen LogP contribution in [0, 0.1) is 0 Å². The molecule has 0 unspecified atom stereocenters. The van der Waals surface area contributed by atoms with Gasteiger partial charge < -0.3 is 9.84 Å². The lowest BCUT2D eigenvalue weighted by Crippen LogP contribution is -2.04. The minimum Gasteiger partial charge on any atom is -0.462 e. The van der Waals surface area contributed by atoms with Crippen molar-refractivity contribution in [3.05, 3.63) is 16.4 Å². The number of rotatable bonds is 5. The van der Waals surface area contributed by atoms with Gasteiger partial charge in [0.25, 0.3) is 0 Å². The van der Waals surface area contributed by atoms with E-state index >= 15 is 0 Å². The highest BCUT2D eigenvalue weighted by atomic mass is 79.9. The third kappa shape index (κ3) is 3.32. The Labute approximate surface area is 96.2 Å². The minimum absolute atomic E-state index is 0.103. The number of halogens is 1. The molecule has 0 aliphatic rings. The third-order valence-corrected chi connectivity index (χ3v) is 2.34. The van der Waals surface area contributed by atoms with E-state index in [0.29, 0.717) is 29.7 Å². The van der Waals surface area contributed by atoms with Gasteiger partial charge in [-0.25, -0.2) is 4.79 Å². The molecule has 0 saturated heterocycles. The van der Waals surface area contributed by atoms with E-state index in [1.165, 1.54) is 0 Å². The zero-order chi connectivity index (χ0) is 11.3. The maximum absolute atomic E-state index is 11.4. The minimum atomic E-state index is -0.389. The van der Waals surface area contributed by atoms with Crippen LogP contribution in [0.15, 0.2) is 10.8 Å². The van der Waals surface area contributed by atoms with Crippen LogP contribution in [0.25, 0.3) is 0 Å². The molecule has 15 heavy (non-hydrogen) atoms. The van der Waals surface area contributed by atoms with Gasteiger partial charge in [-0.15, -0.1) is 0 Å². The van der Waals surface area contributed by atoms with Gasteiger partial charge in [0.1, 0.15) is 10.2 Å². The number of esters is 1. The fraction of sp³-hybridized carbons (Fsp3) is 0.556. The van der Waals surface area contributed by atoms with Crippen LogP contribution >= 0.6 is 15.9 Å². The lowest BCUT2D eigenvalue weighted by molar-refractivity contribution is 0.0525. The number of carbonyl (C=O) groups is 1. The first-order valence-electron chi connectivity index (χ1n) is 4.70. The molecule has 0 atom stereocenters. The first kappa shape index (κ1) is 12.2. The second kappa shape index (κ2) is 5.87. The topological polar surface area (TPSA) is 64.3 Å². The first-order chi connectivity index (χ1) is 7.19. The van der Waals surface area contributed by atoms with Crippen LogP contribution in [0.5, 0.6) is 0 Å². The number of ether oxygens (including phenoxy) is 1. The number of nitrogens with zero attached hydrogens (tertiary/aromatic N) is 2. The van der Waals surface area contributed by atoms with Crippen molar-refractivity contribution in [3.8, 4) is 0 Å². The number of aliphatic hydroxyl groups excluding tert-OH is 1. The smallest absolute Gasteiger partial charge is 0.342 e. The fourth-order valence-electron chi connectivity index (χ4n) is 1.09. The fourth-order valence-corrected chi connectivity index (χ4v) is 1.56. The molecule has 0 aliphatic heterocycles. The van der Waals surface area contributed by atoms with Crippen molar-refractivity contribution in [1.29, 1.82) is 0 Å². The summed E-state index contributed by atoms with van der Waals surface area (Å²) in [6, 6.07) is 0. The summed E-state index contributed by atoms with van der Waals surface area (Å²) >= 11 is 3.18. The third-order valence-electron chi connectivity index (χ3n) is 1.76. The van der Waals surface area contributed by atoms with Gasteiger partial charge >= 0.3 is 5.97 Å². The van der Waals surface area contributed by atoms with E-state index in [9.17, 15) is 4.79 Å². The van der Waals surface area contributed by atoms with Gasteiger partial charge in [0.15, 0.2) is 0 Å². The molecule has 84 valence electrons. The van der Waals surface area contributed by atoms with Crippen LogP contribution in [0.3, 0.4) is 0 Å². The van der Waals surface area contributed by atoms with Gasteiger partial charge in [0.2, 0.25) is 0 Å². The molecule has 5 nitrogen and oxygen atoms in total. The molecule has 1 heterocycles. The lowest BCUT2D eigenvalue weighted by atomic mass is 10.4. The van der Waals surface area contributed by atoms with Gasteiger partial charge in [0, 0.05) is 19.3 Å². The summed E-state index contributed by atoms with van der Waals surface area (Å²) in [6.07, 6.45) is 2.22. The molecular weight excluding hydrogens is 264 g/mol. The number of aryl methyl sites for hydroxylation is 1. The molecule has 6 heteroatoms. The van der Waals surface area contributed by atoms with Crippen molar-refractivity contribution >= 4 is 21.9 Å². The normalized spacial score (nSPS) is 10.3. The maximum atomic E-state index is 11.4. The molecule has 0 aliphatic carbocycles. The largest absolute Gasteiger partial charge is 0.462 e. The van der Waals surface area contributed by atoms with Gasteiger partial charge in [-0.05, 0) is 29.3 Å². The number of hydrogen-bond acceptors (Lipinski definition) is 4. The molecule has 1 aromatic rings. The number of carbonyl (C=O) groups excluding carboxylic acids is 1. The molecule has 0 saturated carbocycles. The van der Waals surface area contributed by atoms with Crippen LogP contribution in [0.1, 0.15) is 23.7 Å². The number of aromatic nitrogens is 2. The Morgan fingerprint density at radius 3 is 3.07 bits per heavy atom. The Kier molecular flexibility index (Phi) is 4.77. The molecule has 0 spiro atoms. The van der Waals surface area contributed by atoms with E-state index in [-0.39, 0.29) is 12.6 Å². The van der Waals surface area contributed by atoms with Crippen molar-refractivity contribution in [1.82, 2.24) is 9.78 Å². The summed E-state index contributed by atoms with van der Waals surface area (Å²) in [5.41, 5.74) is 0.412. The number of aliphatic hydroxyl groups is 1. The molecule has 0 radical (unpaired) electrons. The standard InChI is InChI=1S/C9H13BrN2O3/c1-2-15-9(14)7-6-12(4-3-5-13)11-8(7)10/h6,13H,2-5H2,1H3. The average molecular weight is 277 g/mol. The van der Waals surface area contributed by atoms with Gasteiger partial charge in [-0.2, -0.15) is 5.10 Å². The van der Waals surface area contributed by atoms with Gasteiger partial charge in [-0.3, -0.25) is 4.68 Å². The van der Waals surface area contributed by atoms with Crippen LogP contribution in [0.4, 0.5) is 0 Å². The predicted molar refractivity (Wildman–Crippen MR) is 57.6 cm³/mol. The van der Waals surface area contributed by atoms with E-state index in [0.717, 1.165) is 0 Å². The quantitative estimate of drug-likeness (QED) is 0.821. The van der Waals surface area contributed by atoms with Crippen molar-refractivity contribution < 1.29 is 14.6 Å². The first-order valence-corrected chi connectivity index (χ1v) is 5.49. The SMILES string of the molecule is CCOC(=O)c1cn(CCCO)nc1Br. The maximum Gasteiger partial charge on any atom is 0.342 e. The average Bonchev–Trinajstić information content (AvgIpc) is 2.57. The highest BCUT2D eigenvalue weighted by Gasteiger charge is 2.15. The van der Waals surface area contributed by atoms with Crippen LogP contribution in [0.2, 0.25) is 0 Å². The molecule has 0 amide bonds. The molecule has 1 rings (SSSR count).